The molecule has 3 rings (SSSR count). The van der Waals surface area contributed by atoms with Gasteiger partial charge in [-0.1, -0.05) is 32.4 Å². The number of piperazine rings is 1. The number of pyridine rings is 1. The van der Waals surface area contributed by atoms with E-state index in [9.17, 15) is 9.59 Å². The van der Waals surface area contributed by atoms with Crippen LogP contribution in [0.25, 0.3) is 0 Å². The fourth-order valence-corrected chi connectivity index (χ4v) is 4.37. The van der Waals surface area contributed by atoms with Crippen molar-refractivity contribution in [2.24, 2.45) is 5.41 Å². The molecule has 1 fully saturated rings. The zero-order valence-electron chi connectivity index (χ0n) is 20.0. The van der Waals surface area contributed by atoms with Gasteiger partial charge in [-0.05, 0) is 62.1 Å². The summed E-state index contributed by atoms with van der Waals surface area (Å²) in [6, 6.07) is 10.3. The standard InChI is InChI=1S/C25H33ClN4O3/c1-24(2,3)17-25(4,5)28-22(31)18-6-9-20(10-7-18)33-23(32)30-14-12-29(13-15-30)21-11-8-19(26)16-27-21/h6-11,16H,12-15,17H2,1-5H3,(H,28,31). The molecule has 1 aliphatic rings. The smallest absolute Gasteiger partial charge is 0.410 e. The first-order valence-electron chi connectivity index (χ1n) is 11.2. The lowest BCUT2D eigenvalue weighted by Gasteiger charge is -2.34. The summed E-state index contributed by atoms with van der Waals surface area (Å²) < 4.78 is 5.52. The van der Waals surface area contributed by atoms with Crippen LogP contribution in [0.5, 0.6) is 5.75 Å². The number of benzene rings is 1. The van der Waals surface area contributed by atoms with Crippen molar-refractivity contribution in [3.63, 3.8) is 0 Å². The summed E-state index contributed by atoms with van der Waals surface area (Å²) in [5.74, 6) is 1.10. The largest absolute Gasteiger partial charge is 0.415 e. The second-order valence-corrected chi connectivity index (χ2v) is 10.7. The summed E-state index contributed by atoms with van der Waals surface area (Å²) in [5, 5.41) is 3.69. The van der Waals surface area contributed by atoms with E-state index >= 15 is 0 Å². The van der Waals surface area contributed by atoms with E-state index in [1.54, 1.807) is 41.4 Å². The Bertz CT molecular complexity index is 961. The molecule has 33 heavy (non-hydrogen) atoms. The van der Waals surface area contributed by atoms with Gasteiger partial charge >= 0.3 is 6.09 Å². The quantitative estimate of drug-likeness (QED) is 0.662. The van der Waals surface area contributed by atoms with Crippen LogP contribution in [-0.2, 0) is 0 Å². The highest BCUT2D eigenvalue weighted by Crippen LogP contribution is 2.27. The molecule has 0 aliphatic carbocycles. The molecule has 0 unspecified atom stereocenters. The van der Waals surface area contributed by atoms with E-state index in [0.29, 0.717) is 42.5 Å². The average Bonchev–Trinajstić information content (AvgIpc) is 2.73. The minimum Gasteiger partial charge on any atom is -0.410 e. The Hall–Kier alpha value is -2.80. The summed E-state index contributed by atoms with van der Waals surface area (Å²) in [4.78, 5) is 33.3. The second-order valence-electron chi connectivity index (χ2n) is 10.3. The number of aromatic nitrogens is 1. The lowest BCUT2D eigenvalue weighted by atomic mass is 9.81. The van der Waals surface area contributed by atoms with Crippen LogP contribution < -0.4 is 15.0 Å². The number of amides is 2. The SMILES string of the molecule is CC(C)(C)CC(C)(C)NC(=O)c1ccc(OC(=O)N2CCN(c3ccc(Cl)cn3)CC2)cc1. The molecular formula is C25H33ClN4O3. The van der Waals surface area contributed by atoms with Gasteiger partial charge in [-0.3, -0.25) is 4.79 Å². The van der Waals surface area contributed by atoms with Gasteiger partial charge in [0, 0.05) is 43.5 Å². The molecule has 2 aromatic rings. The molecule has 1 saturated heterocycles. The van der Waals surface area contributed by atoms with Gasteiger partial charge in [0.2, 0.25) is 0 Å². The van der Waals surface area contributed by atoms with Crippen molar-refractivity contribution in [2.75, 3.05) is 31.1 Å². The molecule has 0 bridgehead atoms. The van der Waals surface area contributed by atoms with Crippen molar-refractivity contribution >= 4 is 29.4 Å². The zero-order chi connectivity index (χ0) is 24.2. The van der Waals surface area contributed by atoms with Gasteiger partial charge in [-0.25, -0.2) is 9.78 Å². The fraction of sp³-hybridized carbons (Fsp3) is 0.480. The number of hydrogen-bond donors (Lipinski definition) is 1. The third-order valence-corrected chi connectivity index (χ3v) is 5.54. The summed E-state index contributed by atoms with van der Waals surface area (Å²) in [5.41, 5.74) is 0.302. The zero-order valence-corrected chi connectivity index (χ0v) is 20.8. The van der Waals surface area contributed by atoms with Crippen LogP contribution in [0.3, 0.4) is 0 Å². The van der Waals surface area contributed by atoms with Crippen LogP contribution >= 0.6 is 11.6 Å². The number of anilines is 1. The van der Waals surface area contributed by atoms with Gasteiger partial charge in [0.05, 0.1) is 5.02 Å². The Balaban J connectivity index is 1.51. The molecule has 0 spiro atoms. The minimum absolute atomic E-state index is 0.103. The first-order chi connectivity index (χ1) is 15.4. The predicted molar refractivity (Wildman–Crippen MR) is 131 cm³/mol. The predicted octanol–water partition coefficient (Wildman–Crippen LogP) is 5.00. The van der Waals surface area contributed by atoms with Crippen LogP contribution in [0, 0.1) is 5.41 Å². The molecule has 0 atom stereocenters. The summed E-state index contributed by atoms with van der Waals surface area (Å²) in [6.07, 6.45) is 2.07. The van der Waals surface area contributed by atoms with E-state index in [1.165, 1.54) is 0 Å². The number of carbonyl (C=O) groups excluding carboxylic acids is 2. The summed E-state index contributed by atoms with van der Waals surface area (Å²) >= 11 is 5.90. The first kappa shape index (κ1) is 24.8. The van der Waals surface area contributed by atoms with Gasteiger partial charge in [0.15, 0.2) is 0 Å². The van der Waals surface area contributed by atoms with Gasteiger partial charge in [-0.2, -0.15) is 0 Å². The third-order valence-electron chi connectivity index (χ3n) is 5.32. The van der Waals surface area contributed by atoms with E-state index < -0.39 is 6.09 Å². The molecule has 178 valence electrons. The Morgan fingerprint density at radius 3 is 2.18 bits per heavy atom. The molecule has 1 aliphatic heterocycles. The van der Waals surface area contributed by atoms with E-state index in [2.05, 4.69) is 36.0 Å². The van der Waals surface area contributed by atoms with Crippen molar-refractivity contribution in [1.82, 2.24) is 15.2 Å². The molecule has 1 N–H and O–H groups in total. The number of nitrogens with zero attached hydrogens (tertiary/aromatic N) is 3. The molecule has 2 amide bonds. The van der Waals surface area contributed by atoms with Crippen LogP contribution in [0.15, 0.2) is 42.6 Å². The van der Waals surface area contributed by atoms with E-state index in [0.717, 1.165) is 12.2 Å². The lowest BCUT2D eigenvalue weighted by Crippen LogP contribution is -2.49. The number of nitrogens with one attached hydrogen (secondary N) is 1. The van der Waals surface area contributed by atoms with Gasteiger partial charge < -0.3 is 19.9 Å². The molecule has 0 radical (unpaired) electrons. The molecule has 1 aromatic heterocycles. The molecular weight excluding hydrogens is 440 g/mol. The normalized spacial score (nSPS) is 14.7. The minimum atomic E-state index is -0.401. The van der Waals surface area contributed by atoms with Crippen molar-refractivity contribution in [3.05, 3.63) is 53.2 Å². The van der Waals surface area contributed by atoms with Crippen molar-refractivity contribution < 1.29 is 14.3 Å². The average molecular weight is 473 g/mol. The highest BCUT2D eigenvalue weighted by molar-refractivity contribution is 6.30. The summed E-state index contributed by atoms with van der Waals surface area (Å²) in [7, 11) is 0. The number of ether oxygens (including phenoxy) is 1. The number of halogens is 1. The second kappa shape index (κ2) is 10.00. The third kappa shape index (κ3) is 7.35. The first-order valence-corrected chi connectivity index (χ1v) is 11.6. The Morgan fingerprint density at radius 1 is 1.00 bits per heavy atom. The topological polar surface area (TPSA) is 74.8 Å². The molecule has 0 saturated carbocycles. The van der Waals surface area contributed by atoms with E-state index in [1.807, 2.05) is 19.9 Å². The van der Waals surface area contributed by atoms with Crippen LogP contribution in [0.4, 0.5) is 10.6 Å². The molecule has 2 heterocycles. The summed E-state index contributed by atoms with van der Waals surface area (Å²) in [6.45, 7) is 12.9. The maximum atomic E-state index is 12.6. The van der Waals surface area contributed by atoms with Gasteiger partial charge in [0.1, 0.15) is 11.6 Å². The van der Waals surface area contributed by atoms with Crippen molar-refractivity contribution in [1.29, 1.82) is 0 Å². The lowest BCUT2D eigenvalue weighted by molar-refractivity contribution is 0.0891. The molecule has 1 aromatic carbocycles. The fourth-order valence-electron chi connectivity index (χ4n) is 4.26. The van der Waals surface area contributed by atoms with Gasteiger partial charge in [-0.15, -0.1) is 0 Å². The number of carbonyl (C=O) groups is 2. The van der Waals surface area contributed by atoms with Crippen LogP contribution in [0.2, 0.25) is 5.02 Å². The molecule has 7 nitrogen and oxygen atoms in total. The van der Waals surface area contributed by atoms with Crippen LogP contribution in [-0.4, -0.2) is 53.6 Å². The maximum absolute atomic E-state index is 12.6. The number of hydrogen-bond acceptors (Lipinski definition) is 5. The highest BCUT2D eigenvalue weighted by atomic mass is 35.5. The highest BCUT2D eigenvalue weighted by Gasteiger charge is 2.27. The van der Waals surface area contributed by atoms with Gasteiger partial charge in [0.25, 0.3) is 5.91 Å². The van der Waals surface area contributed by atoms with E-state index in [-0.39, 0.29) is 16.9 Å². The van der Waals surface area contributed by atoms with Crippen LogP contribution in [0.1, 0.15) is 51.4 Å². The number of rotatable bonds is 5. The Morgan fingerprint density at radius 2 is 1.64 bits per heavy atom. The monoisotopic (exact) mass is 472 g/mol. The van der Waals surface area contributed by atoms with Crippen molar-refractivity contribution in [2.45, 2.75) is 46.6 Å². The molecule has 8 heteroatoms. The maximum Gasteiger partial charge on any atom is 0.415 e. The van der Waals surface area contributed by atoms with E-state index in [4.69, 9.17) is 16.3 Å². The Labute approximate surface area is 201 Å². The van der Waals surface area contributed by atoms with Crippen molar-refractivity contribution in [3.8, 4) is 5.75 Å². The Kier molecular flexibility index (Phi) is 7.52.